The number of non-ortho nitro benzene ring substituents is 1. The van der Waals surface area contributed by atoms with E-state index in [0.29, 0.717) is 16.5 Å². The number of ether oxygens (including phenoxy) is 1. The van der Waals surface area contributed by atoms with E-state index in [0.717, 1.165) is 0 Å². The zero-order valence-corrected chi connectivity index (χ0v) is 10.7. The number of benzene rings is 2. The number of nitro benzene ring substituents is 1. The smallest absolute Gasteiger partial charge is 0.270 e. The van der Waals surface area contributed by atoms with Gasteiger partial charge in [0.15, 0.2) is 5.75 Å². The Morgan fingerprint density at radius 1 is 1.15 bits per heavy atom. The van der Waals surface area contributed by atoms with E-state index in [-0.39, 0.29) is 17.0 Å². The molecule has 0 spiro atoms. The minimum Gasteiger partial charge on any atom is -0.454 e. The maximum absolute atomic E-state index is 12.1. The fourth-order valence-electron chi connectivity index (χ4n) is 1.89. The molecule has 1 heterocycles. The van der Waals surface area contributed by atoms with E-state index in [1.807, 2.05) is 0 Å². The maximum Gasteiger partial charge on any atom is 0.270 e. The molecule has 0 atom stereocenters. The molecular formula is C13H7ClN2O4. The molecule has 0 aliphatic carbocycles. The van der Waals surface area contributed by atoms with Crippen LogP contribution in [0, 0.1) is 10.1 Å². The van der Waals surface area contributed by atoms with Crippen LogP contribution in [-0.4, -0.2) is 10.8 Å². The Hall–Kier alpha value is -2.60. The number of nitro groups is 1. The molecule has 1 aliphatic heterocycles. The summed E-state index contributed by atoms with van der Waals surface area (Å²) in [6.45, 7) is 0. The van der Waals surface area contributed by atoms with Gasteiger partial charge in [-0.25, -0.2) is 0 Å². The van der Waals surface area contributed by atoms with Crippen LogP contribution in [0.3, 0.4) is 0 Å². The van der Waals surface area contributed by atoms with E-state index in [4.69, 9.17) is 16.3 Å². The summed E-state index contributed by atoms with van der Waals surface area (Å²) in [5.41, 5.74) is 0.347. The summed E-state index contributed by atoms with van der Waals surface area (Å²) >= 11 is 5.86. The highest BCUT2D eigenvalue weighted by Gasteiger charge is 2.23. The molecule has 0 saturated carbocycles. The van der Waals surface area contributed by atoms with Crippen molar-refractivity contribution in [3.05, 3.63) is 57.1 Å². The first-order valence-corrected chi connectivity index (χ1v) is 5.99. The number of hydrogen-bond donors (Lipinski definition) is 1. The van der Waals surface area contributed by atoms with E-state index in [1.165, 1.54) is 18.2 Å². The van der Waals surface area contributed by atoms with Crippen molar-refractivity contribution in [1.29, 1.82) is 0 Å². The van der Waals surface area contributed by atoms with Gasteiger partial charge < -0.3 is 10.1 Å². The summed E-state index contributed by atoms with van der Waals surface area (Å²) in [7, 11) is 0. The van der Waals surface area contributed by atoms with Crippen LogP contribution in [0.15, 0.2) is 36.4 Å². The lowest BCUT2D eigenvalue weighted by Gasteiger charge is -2.07. The van der Waals surface area contributed by atoms with Gasteiger partial charge in [0.2, 0.25) is 0 Å². The zero-order valence-electron chi connectivity index (χ0n) is 9.92. The Bertz CT molecular complexity index is 745. The summed E-state index contributed by atoms with van der Waals surface area (Å²) in [4.78, 5) is 22.3. The third-order valence-corrected chi connectivity index (χ3v) is 3.06. The molecule has 2 aromatic rings. The second-order valence-corrected chi connectivity index (χ2v) is 4.57. The largest absolute Gasteiger partial charge is 0.454 e. The number of nitrogens with zero attached hydrogens (tertiary/aromatic N) is 1. The SMILES string of the molecule is O=C1Nc2cc(Cl)ccc2Oc2ccc([N+](=O)[O-])cc21. The molecule has 100 valence electrons. The molecule has 1 amide bonds. The lowest BCUT2D eigenvalue weighted by atomic mass is 10.1. The van der Waals surface area contributed by atoms with E-state index >= 15 is 0 Å². The zero-order chi connectivity index (χ0) is 14.3. The maximum atomic E-state index is 12.1. The molecule has 0 aromatic heterocycles. The van der Waals surface area contributed by atoms with Crippen LogP contribution in [0.2, 0.25) is 5.02 Å². The number of nitrogens with one attached hydrogen (secondary N) is 1. The molecular weight excluding hydrogens is 284 g/mol. The molecule has 0 unspecified atom stereocenters. The summed E-state index contributed by atoms with van der Waals surface area (Å²) < 4.78 is 5.60. The topological polar surface area (TPSA) is 81.5 Å². The van der Waals surface area contributed by atoms with Crippen LogP contribution in [0.25, 0.3) is 0 Å². The van der Waals surface area contributed by atoms with Crippen LogP contribution < -0.4 is 10.1 Å². The van der Waals surface area contributed by atoms with Crippen LogP contribution in [-0.2, 0) is 0 Å². The van der Waals surface area contributed by atoms with Gasteiger partial charge in [0.25, 0.3) is 11.6 Å². The Balaban J connectivity index is 2.12. The van der Waals surface area contributed by atoms with Crippen molar-refractivity contribution in [2.45, 2.75) is 0 Å². The summed E-state index contributed by atoms with van der Waals surface area (Å²) in [5.74, 6) is 0.203. The number of amides is 1. The van der Waals surface area contributed by atoms with Gasteiger partial charge in [-0.05, 0) is 24.3 Å². The van der Waals surface area contributed by atoms with Gasteiger partial charge in [0.1, 0.15) is 5.75 Å². The van der Waals surface area contributed by atoms with E-state index in [9.17, 15) is 14.9 Å². The highest BCUT2D eigenvalue weighted by Crippen LogP contribution is 2.38. The molecule has 1 N–H and O–H groups in total. The predicted octanol–water partition coefficient (Wildman–Crippen LogP) is 3.61. The lowest BCUT2D eigenvalue weighted by Crippen LogP contribution is -2.10. The number of carbonyl (C=O) groups excluding carboxylic acids is 1. The normalized spacial score (nSPS) is 12.6. The molecule has 3 rings (SSSR count). The number of carbonyl (C=O) groups is 1. The Morgan fingerprint density at radius 2 is 1.90 bits per heavy atom. The fourth-order valence-corrected chi connectivity index (χ4v) is 2.07. The van der Waals surface area contributed by atoms with Gasteiger partial charge in [-0.2, -0.15) is 0 Å². The third kappa shape index (κ3) is 2.06. The number of fused-ring (bicyclic) bond motifs is 2. The molecule has 0 radical (unpaired) electrons. The van der Waals surface area contributed by atoms with E-state index < -0.39 is 10.8 Å². The molecule has 1 aliphatic rings. The lowest BCUT2D eigenvalue weighted by molar-refractivity contribution is -0.384. The number of rotatable bonds is 1. The van der Waals surface area contributed by atoms with Gasteiger partial charge in [-0.15, -0.1) is 0 Å². The first-order valence-electron chi connectivity index (χ1n) is 5.62. The first-order chi connectivity index (χ1) is 9.54. The monoisotopic (exact) mass is 290 g/mol. The van der Waals surface area contributed by atoms with Gasteiger partial charge in [-0.3, -0.25) is 14.9 Å². The fraction of sp³-hybridized carbons (Fsp3) is 0. The number of anilines is 1. The summed E-state index contributed by atoms with van der Waals surface area (Å²) in [6.07, 6.45) is 0. The molecule has 0 bridgehead atoms. The van der Waals surface area contributed by atoms with Crippen molar-refractivity contribution in [2.24, 2.45) is 0 Å². The van der Waals surface area contributed by atoms with Gasteiger partial charge >= 0.3 is 0 Å². The average molecular weight is 291 g/mol. The van der Waals surface area contributed by atoms with Crippen molar-refractivity contribution < 1.29 is 14.5 Å². The Morgan fingerprint density at radius 3 is 2.65 bits per heavy atom. The molecule has 0 fully saturated rings. The standard InChI is InChI=1S/C13H7ClN2O4/c14-7-1-3-12-10(5-7)15-13(17)9-6-8(16(18)19)2-4-11(9)20-12/h1-6H,(H,15,17). The Kier molecular flexibility index (Phi) is 2.80. The second-order valence-electron chi connectivity index (χ2n) is 4.13. The highest BCUT2D eigenvalue weighted by atomic mass is 35.5. The highest BCUT2D eigenvalue weighted by molar-refractivity contribution is 6.31. The van der Waals surface area contributed by atoms with Crippen molar-refractivity contribution in [1.82, 2.24) is 0 Å². The predicted molar refractivity (Wildman–Crippen MR) is 72.6 cm³/mol. The summed E-state index contributed by atoms with van der Waals surface area (Å²) in [6, 6.07) is 8.66. The third-order valence-electron chi connectivity index (χ3n) is 2.83. The first kappa shape index (κ1) is 12.4. The van der Waals surface area contributed by atoms with Crippen LogP contribution >= 0.6 is 11.6 Å². The number of halogens is 1. The molecule has 7 heteroatoms. The summed E-state index contributed by atoms with van der Waals surface area (Å²) in [5, 5.41) is 13.8. The van der Waals surface area contributed by atoms with Gasteiger partial charge in [0.05, 0.1) is 16.2 Å². The van der Waals surface area contributed by atoms with Crippen LogP contribution in [0.5, 0.6) is 11.5 Å². The molecule has 2 aromatic carbocycles. The Labute approximate surface area is 118 Å². The molecule has 20 heavy (non-hydrogen) atoms. The van der Waals surface area contributed by atoms with Gasteiger partial charge in [0, 0.05) is 17.2 Å². The van der Waals surface area contributed by atoms with E-state index in [2.05, 4.69) is 5.32 Å². The quantitative estimate of drug-likeness (QED) is 0.642. The van der Waals surface area contributed by atoms with E-state index in [1.54, 1.807) is 18.2 Å². The van der Waals surface area contributed by atoms with Crippen molar-refractivity contribution in [3.8, 4) is 11.5 Å². The van der Waals surface area contributed by atoms with Crippen molar-refractivity contribution in [2.75, 3.05) is 5.32 Å². The molecule has 0 saturated heterocycles. The number of hydrogen-bond acceptors (Lipinski definition) is 4. The van der Waals surface area contributed by atoms with Crippen molar-refractivity contribution in [3.63, 3.8) is 0 Å². The van der Waals surface area contributed by atoms with Gasteiger partial charge in [-0.1, -0.05) is 11.6 Å². The second kappa shape index (κ2) is 4.50. The van der Waals surface area contributed by atoms with Crippen LogP contribution in [0.1, 0.15) is 10.4 Å². The minimum absolute atomic E-state index is 0.103. The van der Waals surface area contributed by atoms with Crippen molar-refractivity contribution >= 4 is 28.9 Å². The average Bonchev–Trinajstić information content (AvgIpc) is 2.54. The minimum atomic E-state index is -0.567. The van der Waals surface area contributed by atoms with Crippen LogP contribution in [0.4, 0.5) is 11.4 Å². The molecule has 6 nitrogen and oxygen atoms in total.